The summed E-state index contributed by atoms with van der Waals surface area (Å²) < 4.78 is 13.1. The fourth-order valence-corrected chi connectivity index (χ4v) is 2.03. The van der Waals surface area contributed by atoms with E-state index in [1.807, 2.05) is 0 Å². The van der Waals surface area contributed by atoms with Crippen molar-refractivity contribution in [3.63, 3.8) is 0 Å². The van der Waals surface area contributed by atoms with Crippen molar-refractivity contribution < 1.29 is 9.50 Å². The molecule has 0 radical (unpaired) electrons. The second kappa shape index (κ2) is 4.37. The maximum atomic E-state index is 13.1. The lowest BCUT2D eigenvalue weighted by atomic mass is 10.2. The number of rotatable bonds is 2. The number of nitrogens with one attached hydrogen (secondary N) is 1. The van der Waals surface area contributed by atoms with Gasteiger partial charge in [0.2, 0.25) is 0 Å². The minimum atomic E-state index is -0.436. The smallest absolute Gasteiger partial charge is 0.143 e. The number of aliphatic hydroxyl groups is 1. The maximum Gasteiger partial charge on any atom is 0.143 e. The first kappa shape index (κ1) is 10.7. The molecule has 1 aromatic rings. The van der Waals surface area contributed by atoms with Gasteiger partial charge in [-0.1, -0.05) is 11.6 Å². The van der Waals surface area contributed by atoms with E-state index in [0.29, 0.717) is 5.69 Å². The molecule has 0 spiro atoms. The third-order valence-corrected chi connectivity index (χ3v) is 3.06. The summed E-state index contributed by atoms with van der Waals surface area (Å²) in [6.45, 7) is 0. The number of hydrogen-bond acceptors (Lipinski definition) is 2. The van der Waals surface area contributed by atoms with Crippen LogP contribution < -0.4 is 5.32 Å². The van der Waals surface area contributed by atoms with Crippen molar-refractivity contribution in [2.24, 2.45) is 0 Å². The minimum absolute atomic E-state index is 0.0329. The number of hydrogen-bond donors (Lipinski definition) is 2. The molecule has 1 aliphatic carbocycles. The number of anilines is 1. The topological polar surface area (TPSA) is 32.3 Å². The van der Waals surface area contributed by atoms with Crippen molar-refractivity contribution >= 4 is 17.3 Å². The molecular formula is C11H13ClFNO. The second-order valence-corrected chi connectivity index (χ2v) is 4.29. The fraction of sp³-hybridized carbons (Fsp3) is 0.455. The lowest BCUT2D eigenvalue weighted by molar-refractivity contribution is 0.172. The third kappa shape index (κ3) is 2.41. The molecule has 0 heterocycles. The molecule has 1 aliphatic rings. The molecule has 2 atom stereocenters. The van der Waals surface area contributed by atoms with E-state index in [1.54, 1.807) is 6.07 Å². The summed E-state index contributed by atoms with van der Waals surface area (Å²) in [6, 6.07) is 4.62. The van der Waals surface area contributed by atoms with E-state index in [4.69, 9.17) is 11.6 Å². The fourth-order valence-electron chi connectivity index (χ4n) is 1.91. The van der Waals surface area contributed by atoms with Gasteiger partial charge in [0.1, 0.15) is 5.82 Å². The van der Waals surface area contributed by atoms with Crippen LogP contribution in [0.5, 0.6) is 0 Å². The third-order valence-electron chi connectivity index (χ3n) is 2.75. The Morgan fingerprint density at radius 1 is 1.40 bits per heavy atom. The monoisotopic (exact) mass is 229 g/mol. The molecule has 15 heavy (non-hydrogen) atoms. The van der Waals surface area contributed by atoms with Crippen LogP contribution in [-0.2, 0) is 0 Å². The van der Waals surface area contributed by atoms with E-state index in [2.05, 4.69) is 5.32 Å². The van der Waals surface area contributed by atoms with Crippen LogP contribution in [0.4, 0.5) is 10.1 Å². The van der Waals surface area contributed by atoms with Crippen LogP contribution in [0.25, 0.3) is 0 Å². The lowest BCUT2D eigenvalue weighted by Gasteiger charge is -2.17. The lowest BCUT2D eigenvalue weighted by Crippen LogP contribution is -2.27. The van der Waals surface area contributed by atoms with Crippen molar-refractivity contribution in [3.05, 3.63) is 29.0 Å². The van der Waals surface area contributed by atoms with Gasteiger partial charge >= 0.3 is 0 Å². The molecular weight excluding hydrogens is 217 g/mol. The van der Waals surface area contributed by atoms with Gasteiger partial charge in [-0.15, -0.1) is 0 Å². The number of benzene rings is 1. The SMILES string of the molecule is O[C@H]1CCC[C@@H]1Nc1ccc(Cl)c(F)c1. The molecule has 0 aromatic heterocycles. The van der Waals surface area contributed by atoms with Crippen LogP contribution in [0.3, 0.4) is 0 Å². The first-order valence-electron chi connectivity index (χ1n) is 5.06. The van der Waals surface area contributed by atoms with Gasteiger partial charge in [-0.25, -0.2) is 4.39 Å². The predicted molar refractivity (Wildman–Crippen MR) is 58.7 cm³/mol. The second-order valence-electron chi connectivity index (χ2n) is 3.88. The van der Waals surface area contributed by atoms with Crippen LogP contribution in [0.2, 0.25) is 5.02 Å². The standard InChI is InChI=1S/C11H13ClFNO/c12-8-5-4-7(6-9(8)13)14-10-2-1-3-11(10)15/h4-6,10-11,14-15H,1-3H2/t10-,11-/m0/s1. The number of halogens is 2. The summed E-state index contributed by atoms with van der Waals surface area (Å²) in [5, 5.41) is 12.8. The minimum Gasteiger partial charge on any atom is -0.391 e. The maximum absolute atomic E-state index is 13.1. The van der Waals surface area contributed by atoms with Crippen molar-refractivity contribution in [1.29, 1.82) is 0 Å². The van der Waals surface area contributed by atoms with E-state index < -0.39 is 5.82 Å². The molecule has 4 heteroatoms. The highest BCUT2D eigenvalue weighted by atomic mass is 35.5. The highest BCUT2D eigenvalue weighted by molar-refractivity contribution is 6.30. The summed E-state index contributed by atoms with van der Waals surface area (Å²) in [6.07, 6.45) is 2.41. The summed E-state index contributed by atoms with van der Waals surface area (Å²) >= 11 is 5.57. The molecule has 0 unspecified atom stereocenters. The molecule has 82 valence electrons. The van der Waals surface area contributed by atoms with Crippen LogP contribution in [0.1, 0.15) is 19.3 Å². The Labute approximate surface area is 93.1 Å². The average molecular weight is 230 g/mol. The molecule has 1 aromatic carbocycles. The molecule has 1 fully saturated rings. The molecule has 2 nitrogen and oxygen atoms in total. The molecule has 0 saturated heterocycles. The molecule has 2 rings (SSSR count). The van der Waals surface area contributed by atoms with Crippen LogP contribution >= 0.6 is 11.6 Å². The summed E-state index contributed by atoms with van der Waals surface area (Å²) in [5.41, 5.74) is 0.669. The van der Waals surface area contributed by atoms with Crippen molar-refractivity contribution in [1.82, 2.24) is 0 Å². The Morgan fingerprint density at radius 2 is 2.20 bits per heavy atom. The zero-order chi connectivity index (χ0) is 10.8. The first-order chi connectivity index (χ1) is 7.16. The normalized spacial score (nSPS) is 25.5. The van der Waals surface area contributed by atoms with Crippen molar-refractivity contribution in [2.75, 3.05) is 5.32 Å². The Kier molecular flexibility index (Phi) is 3.12. The van der Waals surface area contributed by atoms with Crippen LogP contribution in [0.15, 0.2) is 18.2 Å². The van der Waals surface area contributed by atoms with E-state index in [1.165, 1.54) is 12.1 Å². The van der Waals surface area contributed by atoms with Gasteiger partial charge in [0.05, 0.1) is 17.2 Å². The zero-order valence-corrected chi connectivity index (χ0v) is 8.97. The van der Waals surface area contributed by atoms with Gasteiger partial charge in [-0.3, -0.25) is 0 Å². The average Bonchev–Trinajstić information content (AvgIpc) is 2.59. The zero-order valence-electron chi connectivity index (χ0n) is 8.21. The van der Waals surface area contributed by atoms with Gasteiger partial charge in [0, 0.05) is 5.69 Å². The Bertz CT molecular complexity index is 358. The Morgan fingerprint density at radius 3 is 2.80 bits per heavy atom. The summed E-state index contributed by atoms with van der Waals surface area (Å²) in [7, 11) is 0. The van der Waals surface area contributed by atoms with Gasteiger partial charge < -0.3 is 10.4 Å². The van der Waals surface area contributed by atoms with E-state index in [-0.39, 0.29) is 17.2 Å². The molecule has 0 bridgehead atoms. The van der Waals surface area contributed by atoms with Gasteiger partial charge in [0.15, 0.2) is 0 Å². The summed E-state index contributed by atoms with van der Waals surface area (Å²) in [4.78, 5) is 0. The van der Waals surface area contributed by atoms with E-state index in [0.717, 1.165) is 19.3 Å². The molecule has 2 N–H and O–H groups in total. The van der Waals surface area contributed by atoms with Crippen LogP contribution in [-0.4, -0.2) is 17.3 Å². The highest BCUT2D eigenvalue weighted by Gasteiger charge is 2.24. The molecule has 0 amide bonds. The van der Waals surface area contributed by atoms with Crippen molar-refractivity contribution in [3.8, 4) is 0 Å². The largest absolute Gasteiger partial charge is 0.391 e. The van der Waals surface area contributed by atoms with E-state index in [9.17, 15) is 9.50 Å². The molecule has 1 saturated carbocycles. The Hall–Kier alpha value is -0.800. The van der Waals surface area contributed by atoms with E-state index >= 15 is 0 Å². The van der Waals surface area contributed by atoms with Crippen LogP contribution in [0, 0.1) is 5.82 Å². The quantitative estimate of drug-likeness (QED) is 0.818. The van der Waals surface area contributed by atoms with Gasteiger partial charge in [-0.05, 0) is 37.5 Å². The number of aliphatic hydroxyl groups excluding tert-OH is 1. The van der Waals surface area contributed by atoms with Crippen molar-refractivity contribution in [2.45, 2.75) is 31.4 Å². The molecule has 0 aliphatic heterocycles. The van der Waals surface area contributed by atoms with Gasteiger partial charge in [-0.2, -0.15) is 0 Å². The summed E-state index contributed by atoms with van der Waals surface area (Å²) in [5.74, 6) is -0.436. The Balaban J connectivity index is 2.07. The predicted octanol–water partition coefficient (Wildman–Crippen LogP) is 2.80. The first-order valence-corrected chi connectivity index (χ1v) is 5.44. The highest BCUT2D eigenvalue weighted by Crippen LogP contribution is 2.25. The van der Waals surface area contributed by atoms with Gasteiger partial charge in [0.25, 0.3) is 0 Å².